The fraction of sp³-hybridized carbons (Fsp3) is 0.0714. The first-order chi connectivity index (χ1) is 9.06. The number of hydrogen-bond acceptors (Lipinski definition) is 1. The molecule has 19 heavy (non-hydrogen) atoms. The molecule has 5 heteroatoms. The van der Waals surface area contributed by atoms with E-state index in [-0.39, 0.29) is 6.03 Å². The van der Waals surface area contributed by atoms with Gasteiger partial charge in [-0.1, -0.05) is 45.7 Å². The normalized spacial score (nSPS) is 10.1. The van der Waals surface area contributed by atoms with Gasteiger partial charge in [0.1, 0.15) is 0 Å². The highest BCUT2D eigenvalue weighted by atomic mass is 79.9. The van der Waals surface area contributed by atoms with E-state index in [1.807, 2.05) is 43.3 Å². The molecule has 98 valence electrons. The lowest BCUT2D eigenvalue weighted by Gasteiger charge is -2.11. The zero-order valence-electron chi connectivity index (χ0n) is 10.2. The summed E-state index contributed by atoms with van der Waals surface area (Å²) in [5, 5.41) is 6.01. The summed E-state index contributed by atoms with van der Waals surface area (Å²) in [4.78, 5) is 11.9. The van der Waals surface area contributed by atoms with Crippen molar-refractivity contribution in [2.75, 3.05) is 10.6 Å². The van der Waals surface area contributed by atoms with Crippen LogP contribution < -0.4 is 10.6 Å². The largest absolute Gasteiger partial charge is 0.323 e. The third-order valence-corrected chi connectivity index (χ3v) is 3.35. The van der Waals surface area contributed by atoms with Crippen LogP contribution in [0.3, 0.4) is 0 Å². The van der Waals surface area contributed by atoms with Gasteiger partial charge in [-0.15, -0.1) is 0 Å². The number of para-hydroxylation sites is 1. The van der Waals surface area contributed by atoms with Gasteiger partial charge >= 0.3 is 6.03 Å². The summed E-state index contributed by atoms with van der Waals surface area (Å²) in [6, 6.07) is 12.5. The third-order valence-electron chi connectivity index (χ3n) is 2.54. The van der Waals surface area contributed by atoms with E-state index in [9.17, 15) is 4.79 Å². The van der Waals surface area contributed by atoms with Crippen molar-refractivity contribution in [1.82, 2.24) is 0 Å². The summed E-state index contributed by atoms with van der Waals surface area (Å²) in [5.74, 6) is 0. The van der Waals surface area contributed by atoms with Gasteiger partial charge in [-0.3, -0.25) is 0 Å². The Hall–Kier alpha value is -1.52. The van der Waals surface area contributed by atoms with Crippen LogP contribution in [0, 0.1) is 6.92 Å². The van der Waals surface area contributed by atoms with Gasteiger partial charge in [-0.25, -0.2) is 4.79 Å². The minimum absolute atomic E-state index is 0.325. The number of urea groups is 1. The minimum Gasteiger partial charge on any atom is -0.308 e. The first-order valence-corrected chi connectivity index (χ1v) is 6.82. The van der Waals surface area contributed by atoms with E-state index in [1.54, 1.807) is 6.07 Å². The minimum atomic E-state index is -0.325. The maximum absolute atomic E-state index is 11.9. The van der Waals surface area contributed by atoms with Gasteiger partial charge in [0, 0.05) is 10.2 Å². The van der Waals surface area contributed by atoms with Crippen LogP contribution in [0.25, 0.3) is 0 Å². The van der Waals surface area contributed by atoms with Crippen molar-refractivity contribution >= 4 is 44.9 Å². The molecule has 0 atom stereocenters. The van der Waals surface area contributed by atoms with E-state index in [2.05, 4.69) is 26.6 Å². The number of halogens is 2. The Labute approximate surface area is 125 Å². The molecule has 0 spiro atoms. The average molecular weight is 340 g/mol. The highest BCUT2D eigenvalue weighted by Gasteiger charge is 2.08. The first kappa shape index (κ1) is 13.9. The maximum Gasteiger partial charge on any atom is 0.323 e. The Bertz CT molecular complexity index is 596. The Morgan fingerprint density at radius 1 is 1.16 bits per heavy atom. The lowest BCUT2D eigenvalue weighted by Crippen LogP contribution is -2.20. The molecule has 2 amide bonds. The molecule has 0 aliphatic carbocycles. The summed E-state index contributed by atoms with van der Waals surface area (Å²) in [6.07, 6.45) is 0. The summed E-state index contributed by atoms with van der Waals surface area (Å²) in [6.45, 7) is 1.89. The topological polar surface area (TPSA) is 41.1 Å². The van der Waals surface area contributed by atoms with Gasteiger partial charge in [0.15, 0.2) is 0 Å². The molecule has 0 aliphatic rings. The first-order valence-electron chi connectivity index (χ1n) is 5.65. The molecule has 0 aliphatic heterocycles. The molecule has 0 unspecified atom stereocenters. The maximum atomic E-state index is 11.9. The molecule has 2 aromatic carbocycles. The van der Waals surface area contributed by atoms with E-state index in [4.69, 9.17) is 11.6 Å². The highest BCUT2D eigenvalue weighted by molar-refractivity contribution is 9.10. The van der Waals surface area contributed by atoms with Crippen molar-refractivity contribution in [3.8, 4) is 0 Å². The molecular formula is C14H12BrClN2O. The van der Waals surface area contributed by atoms with Crippen LogP contribution in [0.15, 0.2) is 46.9 Å². The van der Waals surface area contributed by atoms with Gasteiger partial charge in [0.2, 0.25) is 0 Å². The SMILES string of the molecule is Cc1cccc(Cl)c1NC(=O)Nc1cccc(Br)c1. The number of nitrogens with one attached hydrogen (secondary N) is 2. The summed E-state index contributed by atoms with van der Waals surface area (Å²) in [7, 11) is 0. The van der Waals surface area contributed by atoms with Gasteiger partial charge in [-0.05, 0) is 36.8 Å². The van der Waals surface area contributed by atoms with Gasteiger partial charge in [0.25, 0.3) is 0 Å². The fourth-order valence-electron chi connectivity index (χ4n) is 1.63. The van der Waals surface area contributed by atoms with Crippen LogP contribution in [-0.4, -0.2) is 6.03 Å². The Balaban J connectivity index is 2.10. The van der Waals surface area contributed by atoms with Gasteiger partial charge in [-0.2, -0.15) is 0 Å². The monoisotopic (exact) mass is 338 g/mol. The number of carbonyl (C=O) groups excluding carboxylic acids is 1. The molecule has 2 aromatic rings. The lowest BCUT2D eigenvalue weighted by molar-refractivity contribution is 0.262. The molecule has 0 saturated carbocycles. The number of carbonyl (C=O) groups is 1. The Kier molecular flexibility index (Phi) is 4.45. The number of amides is 2. The van der Waals surface area contributed by atoms with Crippen LogP contribution in [0.2, 0.25) is 5.02 Å². The molecule has 0 fully saturated rings. The fourth-order valence-corrected chi connectivity index (χ4v) is 2.30. The van der Waals surface area contributed by atoms with Crippen LogP contribution in [0.1, 0.15) is 5.56 Å². The van der Waals surface area contributed by atoms with Gasteiger partial charge < -0.3 is 10.6 Å². The molecule has 0 heterocycles. The number of benzene rings is 2. The zero-order valence-corrected chi connectivity index (χ0v) is 12.5. The summed E-state index contributed by atoms with van der Waals surface area (Å²) in [5.41, 5.74) is 2.24. The van der Waals surface area contributed by atoms with Crippen molar-refractivity contribution in [3.63, 3.8) is 0 Å². The van der Waals surface area contributed by atoms with Crippen LogP contribution in [0.4, 0.5) is 16.2 Å². The van der Waals surface area contributed by atoms with Crippen molar-refractivity contribution in [3.05, 3.63) is 57.5 Å². The molecule has 0 bridgehead atoms. The van der Waals surface area contributed by atoms with Crippen LogP contribution in [0.5, 0.6) is 0 Å². The molecule has 2 rings (SSSR count). The second-order valence-electron chi connectivity index (χ2n) is 4.02. The van der Waals surface area contributed by atoms with Crippen molar-refractivity contribution in [2.24, 2.45) is 0 Å². The molecule has 3 nitrogen and oxygen atoms in total. The van der Waals surface area contributed by atoms with Crippen LogP contribution >= 0.6 is 27.5 Å². The number of anilines is 2. The van der Waals surface area contributed by atoms with E-state index >= 15 is 0 Å². The summed E-state index contributed by atoms with van der Waals surface area (Å²) < 4.78 is 0.902. The second-order valence-corrected chi connectivity index (χ2v) is 5.34. The molecule has 2 N–H and O–H groups in total. The predicted octanol–water partition coefficient (Wildman–Crippen LogP) is 5.05. The van der Waals surface area contributed by atoms with E-state index in [0.717, 1.165) is 10.0 Å². The predicted molar refractivity (Wildman–Crippen MR) is 83.0 cm³/mol. The van der Waals surface area contributed by atoms with E-state index < -0.39 is 0 Å². The standard InChI is InChI=1S/C14H12BrClN2O/c1-9-4-2-7-12(16)13(9)18-14(19)17-11-6-3-5-10(15)8-11/h2-8H,1H3,(H2,17,18,19). The number of aryl methyl sites for hydroxylation is 1. The van der Waals surface area contributed by atoms with Gasteiger partial charge in [0.05, 0.1) is 10.7 Å². The van der Waals surface area contributed by atoms with Crippen molar-refractivity contribution in [2.45, 2.75) is 6.92 Å². The Morgan fingerprint density at radius 2 is 1.89 bits per heavy atom. The number of rotatable bonds is 2. The van der Waals surface area contributed by atoms with Crippen LogP contribution in [-0.2, 0) is 0 Å². The smallest absolute Gasteiger partial charge is 0.308 e. The van der Waals surface area contributed by atoms with Crippen molar-refractivity contribution in [1.29, 1.82) is 0 Å². The van der Waals surface area contributed by atoms with E-state index in [0.29, 0.717) is 16.4 Å². The molecule has 0 saturated heterocycles. The average Bonchev–Trinajstić information content (AvgIpc) is 2.34. The zero-order chi connectivity index (χ0) is 13.8. The van der Waals surface area contributed by atoms with E-state index in [1.165, 1.54) is 0 Å². The highest BCUT2D eigenvalue weighted by Crippen LogP contribution is 2.25. The number of hydrogen-bond donors (Lipinski definition) is 2. The quantitative estimate of drug-likeness (QED) is 0.789. The third kappa shape index (κ3) is 3.72. The molecule has 0 aromatic heterocycles. The molecular weight excluding hydrogens is 328 g/mol. The second kappa shape index (κ2) is 6.08. The Morgan fingerprint density at radius 3 is 2.58 bits per heavy atom. The summed E-state index contributed by atoms with van der Waals surface area (Å²) >= 11 is 9.40. The lowest BCUT2D eigenvalue weighted by atomic mass is 10.2. The molecule has 0 radical (unpaired) electrons. The van der Waals surface area contributed by atoms with Crippen molar-refractivity contribution < 1.29 is 4.79 Å².